The van der Waals surface area contributed by atoms with Crippen LogP contribution in [0.25, 0.3) is 11.1 Å². The molecule has 0 saturated heterocycles. The largest absolute Gasteiger partial charge is 0.416 e. The van der Waals surface area contributed by atoms with Crippen LogP contribution in [0.5, 0.6) is 0 Å². The number of nitro groups is 2. The Balaban J connectivity index is 2.03. The maximum atomic E-state index is 13.1. The molecular formula is C21H12F3N3O4. The highest BCUT2D eigenvalue weighted by Crippen LogP contribution is 2.46. The van der Waals surface area contributed by atoms with Crippen LogP contribution in [0.4, 0.5) is 30.2 Å². The Morgan fingerprint density at radius 2 is 1.61 bits per heavy atom. The Hall–Kier alpha value is -4.08. The summed E-state index contributed by atoms with van der Waals surface area (Å²) in [5, 5.41) is 23.0. The topological polar surface area (TPSA) is 98.6 Å². The Morgan fingerprint density at radius 3 is 2.26 bits per heavy atom. The third kappa shape index (κ3) is 3.52. The first-order valence-corrected chi connectivity index (χ1v) is 8.91. The molecule has 0 heterocycles. The van der Waals surface area contributed by atoms with Crippen LogP contribution >= 0.6 is 0 Å². The van der Waals surface area contributed by atoms with E-state index in [9.17, 15) is 33.4 Å². The Kier molecular flexibility index (Phi) is 4.57. The molecule has 0 atom stereocenters. The number of aryl methyl sites for hydroxylation is 1. The van der Waals surface area contributed by atoms with Gasteiger partial charge in [0.1, 0.15) is 0 Å². The predicted molar refractivity (Wildman–Crippen MR) is 107 cm³/mol. The van der Waals surface area contributed by atoms with E-state index in [4.69, 9.17) is 0 Å². The number of hydrogen-bond donors (Lipinski definition) is 0. The molecule has 0 bridgehead atoms. The van der Waals surface area contributed by atoms with Gasteiger partial charge in [-0.1, -0.05) is 23.8 Å². The molecule has 156 valence electrons. The molecule has 0 amide bonds. The summed E-state index contributed by atoms with van der Waals surface area (Å²) in [6.07, 6.45) is -4.57. The molecule has 10 heteroatoms. The highest BCUT2D eigenvalue weighted by Gasteiger charge is 2.35. The number of non-ortho nitro benzene ring substituents is 1. The van der Waals surface area contributed by atoms with E-state index in [1.165, 1.54) is 12.1 Å². The van der Waals surface area contributed by atoms with E-state index < -0.39 is 33.0 Å². The van der Waals surface area contributed by atoms with E-state index in [1.54, 1.807) is 25.1 Å². The summed E-state index contributed by atoms with van der Waals surface area (Å²) in [6.45, 7) is 1.78. The first kappa shape index (κ1) is 20.2. The highest BCUT2D eigenvalue weighted by molar-refractivity contribution is 6.26. The lowest BCUT2D eigenvalue weighted by Crippen LogP contribution is -2.04. The lowest BCUT2D eigenvalue weighted by molar-refractivity contribution is -0.393. The number of hydrogen-bond acceptors (Lipinski definition) is 5. The van der Waals surface area contributed by atoms with E-state index in [2.05, 4.69) is 4.99 Å². The average molecular weight is 427 g/mol. The summed E-state index contributed by atoms with van der Waals surface area (Å²) in [7, 11) is 0. The Labute approximate surface area is 172 Å². The van der Waals surface area contributed by atoms with Gasteiger partial charge in [-0.2, -0.15) is 13.2 Å². The third-order valence-corrected chi connectivity index (χ3v) is 4.88. The zero-order chi connectivity index (χ0) is 22.5. The summed E-state index contributed by atoms with van der Waals surface area (Å²) >= 11 is 0. The number of benzene rings is 3. The van der Waals surface area contributed by atoms with Crippen molar-refractivity contribution >= 4 is 22.8 Å². The van der Waals surface area contributed by atoms with Gasteiger partial charge in [0.25, 0.3) is 11.4 Å². The summed E-state index contributed by atoms with van der Waals surface area (Å²) < 4.78 is 39.3. The van der Waals surface area contributed by atoms with Gasteiger partial charge in [-0.15, -0.1) is 0 Å². The van der Waals surface area contributed by atoms with Crippen molar-refractivity contribution in [2.24, 2.45) is 4.99 Å². The summed E-state index contributed by atoms with van der Waals surface area (Å²) in [4.78, 5) is 25.8. The fourth-order valence-electron chi connectivity index (χ4n) is 3.55. The second-order valence-electron chi connectivity index (χ2n) is 6.96. The third-order valence-electron chi connectivity index (χ3n) is 4.88. The van der Waals surface area contributed by atoms with E-state index in [-0.39, 0.29) is 22.5 Å². The first-order chi connectivity index (χ1) is 14.6. The molecule has 3 aromatic carbocycles. The molecule has 0 saturated carbocycles. The molecular weight excluding hydrogens is 415 g/mol. The van der Waals surface area contributed by atoms with E-state index in [0.29, 0.717) is 11.1 Å². The van der Waals surface area contributed by atoms with Gasteiger partial charge in [0.05, 0.1) is 38.4 Å². The monoisotopic (exact) mass is 427 g/mol. The van der Waals surface area contributed by atoms with Crippen molar-refractivity contribution in [2.75, 3.05) is 0 Å². The van der Waals surface area contributed by atoms with Crippen LogP contribution in [0, 0.1) is 27.2 Å². The Bertz CT molecular complexity index is 1300. The quantitative estimate of drug-likeness (QED) is 0.297. The smallest absolute Gasteiger partial charge is 0.258 e. The molecule has 0 unspecified atom stereocenters. The van der Waals surface area contributed by atoms with Crippen molar-refractivity contribution in [3.63, 3.8) is 0 Å². The van der Waals surface area contributed by atoms with Crippen molar-refractivity contribution in [3.8, 4) is 11.1 Å². The fraction of sp³-hybridized carbons (Fsp3) is 0.0952. The maximum absolute atomic E-state index is 13.1. The summed E-state index contributed by atoms with van der Waals surface area (Å²) in [6, 6.07) is 11.4. The predicted octanol–water partition coefficient (Wildman–Crippen LogP) is 5.98. The second-order valence-corrected chi connectivity index (χ2v) is 6.96. The van der Waals surface area contributed by atoms with Crippen LogP contribution in [0.2, 0.25) is 0 Å². The van der Waals surface area contributed by atoms with Gasteiger partial charge >= 0.3 is 6.18 Å². The number of alkyl halides is 3. The minimum Gasteiger partial charge on any atom is -0.258 e. The maximum Gasteiger partial charge on any atom is 0.416 e. The number of nitro benzene ring substituents is 2. The van der Waals surface area contributed by atoms with Gasteiger partial charge in [0.15, 0.2) is 0 Å². The van der Waals surface area contributed by atoms with Gasteiger partial charge in [-0.05, 0) is 36.8 Å². The zero-order valence-electron chi connectivity index (χ0n) is 15.8. The molecule has 3 aromatic rings. The van der Waals surface area contributed by atoms with Crippen LogP contribution in [-0.4, -0.2) is 15.6 Å². The number of rotatable bonds is 3. The van der Waals surface area contributed by atoms with E-state index in [1.807, 2.05) is 0 Å². The normalized spacial score (nSPS) is 13.7. The number of fused-ring (bicyclic) bond motifs is 3. The summed E-state index contributed by atoms with van der Waals surface area (Å²) in [5.41, 5.74) is 0.191. The van der Waals surface area contributed by atoms with Gasteiger partial charge in [0.2, 0.25) is 0 Å². The molecule has 0 N–H and O–H groups in total. The van der Waals surface area contributed by atoms with Gasteiger partial charge in [0, 0.05) is 17.2 Å². The second kappa shape index (κ2) is 7.01. The lowest BCUT2D eigenvalue weighted by atomic mass is 10.0. The van der Waals surface area contributed by atoms with Crippen LogP contribution in [0.3, 0.4) is 0 Å². The van der Waals surface area contributed by atoms with E-state index in [0.717, 1.165) is 29.8 Å². The molecule has 0 aromatic heterocycles. The van der Waals surface area contributed by atoms with E-state index >= 15 is 0 Å². The standard InChI is InChI=1S/C21H12F3N3O4/c1-11-5-6-15-16(7-11)20(25-13-4-2-3-12(8-13)21(22,23)24)17-9-14(26(28)29)10-18(19(15)17)27(30)31/h2-10H,1H3. The molecule has 0 radical (unpaired) electrons. The average Bonchev–Trinajstić information content (AvgIpc) is 2.99. The lowest BCUT2D eigenvalue weighted by Gasteiger charge is -2.08. The molecule has 0 fully saturated rings. The first-order valence-electron chi connectivity index (χ1n) is 8.91. The number of halogens is 3. The molecule has 0 spiro atoms. The molecule has 1 aliphatic carbocycles. The summed E-state index contributed by atoms with van der Waals surface area (Å²) in [5.74, 6) is 0. The molecule has 7 nitrogen and oxygen atoms in total. The molecule has 4 rings (SSSR count). The SMILES string of the molecule is Cc1ccc2c(c1)C(=Nc1cccc(C(F)(F)F)c1)c1cc([N+](=O)[O-])cc([N+](=O)[O-])c1-2. The van der Waals surface area contributed by atoms with Crippen LogP contribution in [0.15, 0.2) is 59.6 Å². The molecule has 31 heavy (non-hydrogen) atoms. The van der Waals surface area contributed by atoms with Crippen molar-refractivity contribution in [3.05, 3.63) is 97.1 Å². The van der Waals surface area contributed by atoms with Crippen LogP contribution < -0.4 is 0 Å². The van der Waals surface area contributed by atoms with Crippen LogP contribution in [0.1, 0.15) is 22.3 Å². The fourth-order valence-corrected chi connectivity index (χ4v) is 3.55. The molecule has 0 aliphatic heterocycles. The highest BCUT2D eigenvalue weighted by atomic mass is 19.4. The van der Waals surface area contributed by atoms with Crippen molar-refractivity contribution < 1.29 is 23.0 Å². The van der Waals surface area contributed by atoms with Gasteiger partial charge < -0.3 is 0 Å². The Morgan fingerprint density at radius 1 is 0.871 bits per heavy atom. The zero-order valence-corrected chi connectivity index (χ0v) is 15.8. The minimum absolute atomic E-state index is 0.0284. The van der Waals surface area contributed by atoms with Crippen molar-refractivity contribution in [1.82, 2.24) is 0 Å². The van der Waals surface area contributed by atoms with Gasteiger partial charge in [-0.25, -0.2) is 4.99 Å². The number of nitrogens with zero attached hydrogens (tertiary/aromatic N) is 3. The van der Waals surface area contributed by atoms with Crippen molar-refractivity contribution in [1.29, 1.82) is 0 Å². The minimum atomic E-state index is -4.57. The number of aliphatic imine (C=N–C) groups is 1. The molecule has 1 aliphatic rings. The van der Waals surface area contributed by atoms with Crippen molar-refractivity contribution in [2.45, 2.75) is 13.1 Å². The van der Waals surface area contributed by atoms with Gasteiger partial charge in [-0.3, -0.25) is 20.2 Å². The van der Waals surface area contributed by atoms with Crippen LogP contribution in [-0.2, 0) is 6.18 Å².